The molecule has 0 saturated carbocycles. The molecule has 1 saturated heterocycles. The number of aryl methyl sites for hydroxylation is 1. The molecule has 1 atom stereocenters. The highest BCUT2D eigenvalue weighted by Gasteiger charge is 2.35. The summed E-state index contributed by atoms with van der Waals surface area (Å²) >= 11 is 5.94. The second-order valence-corrected chi connectivity index (χ2v) is 6.72. The van der Waals surface area contributed by atoms with Crippen LogP contribution < -0.4 is 15.0 Å². The minimum atomic E-state index is -0.385. The summed E-state index contributed by atoms with van der Waals surface area (Å²) in [6.45, 7) is 4.76. The lowest BCUT2D eigenvalue weighted by atomic mass is 10.1. The molecule has 5 nitrogen and oxygen atoms in total. The van der Waals surface area contributed by atoms with Crippen molar-refractivity contribution in [3.8, 4) is 5.75 Å². The van der Waals surface area contributed by atoms with Gasteiger partial charge in [0.05, 0.1) is 12.5 Å². The van der Waals surface area contributed by atoms with Crippen LogP contribution in [-0.2, 0) is 9.59 Å². The van der Waals surface area contributed by atoms with Gasteiger partial charge in [-0.1, -0.05) is 11.6 Å². The van der Waals surface area contributed by atoms with Crippen molar-refractivity contribution >= 4 is 34.8 Å². The number of ether oxygens (including phenoxy) is 1. The molecule has 2 aromatic carbocycles. The fourth-order valence-corrected chi connectivity index (χ4v) is 3.25. The van der Waals surface area contributed by atoms with Gasteiger partial charge in [0.2, 0.25) is 11.8 Å². The Balaban J connectivity index is 1.67. The maximum atomic E-state index is 12.6. The van der Waals surface area contributed by atoms with E-state index < -0.39 is 0 Å². The number of rotatable bonds is 5. The van der Waals surface area contributed by atoms with Gasteiger partial charge in [0, 0.05) is 29.4 Å². The summed E-state index contributed by atoms with van der Waals surface area (Å²) in [6, 6.07) is 12.6. The highest BCUT2D eigenvalue weighted by molar-refractivity contribution is 6.30. The van der Waals surface area contributed by atoms with Gasteiger partial charge in [-0.3, -0.25) is 9.59 Å². The lowest BCUT2D eigenvalue weighted by Gasteiger charge is -2.17. The average molecular weight is 373 g/mol. The normalized spacial score (nSPS) is 16.7. The molecule has 0 spiro atoms. The molecule has 1 aliphatic heterocycles. The van der Waals surface area contributed by atoms with Gasteiger partial charge in [-0.15, -0.1) is 0 Å². The third kappa shape index (κ3) is 3.99. The summed E-state index contributed by atoms with van der Waals surface area (Å²) in [5, 5.41) is 3.52. The first kappa shape index (κ1) is 18.3. The van der Waals surface area contributed by atoms with E-state index in [9.17, 15) is 9.59 Å². The molecule has 2 amide bonds. The smallest absolute Gasteiger partial charge is 0.229 e. The maximum absolute atomic E-state index is 12.6. The first-order chi connectivity index (χ1) is 12.5. The zero-order chi connectivity index (χ0) is 18.7. The van der Waals surface area contributed by atoms with Crippen molar-refractivity contribution < 1.29 is 14.3 Å². The van der Waals surface area contributed by atoms with E-state index in [0.717, 1.165) is 17.0 Å². The van der Waals surface area contributed by atoms with E-state index in [2.05, 4.69) is 5.32 Å². The van der Waals surface area contributed by atoms with E-state index in [1.165, 1.54) is 0 Å². The quantitative estimate of drug-likeness (QED) is 0.861. The fraction of sp³-hybridized carbons (Fsp3) is 0.300. The number of nitrogens with one attached hydrogen (secondary N) is 1. The molecule has 1 fully saturated rings. The number of halogens is 1. The summed E-state index contributed by atoms with van der Waals surface area (Å²) in [7, 11) is 0. The highest BCUT2D eigenvalue weighted by Crippen LogP contribution is 2.28. The summed E-state index contributed by atoms with van der Waals surface area (Å²) in [5.41, 5.74) is 2.38. The van der Waals surface area contributed by atoms with Gasteiger partial charge in [0.25, 0.3) is 0 Å². The molecule has 0 bridgehead atoms. The summed E-state index contributed by atoms with van der Waals surface area (Å²) in [6.07, 6.45) is 0.200. The van der Waals surface area contributed by atoms with Crippen LogP contribution in [0, 0.1) is 12.8 Å². The fourth-order valence-electron chi connectivity index (χ4n) is 3.02. The number of amides is 2. The Hall–Kier alpha value is -2.53. The number of benzene rings is 2. The van der Waals surface area contributed by atoms with Crippen LogP contribution >= 0.6 is 11.6 Å². The number of hydrogen-bond donors (Lipinski definition) is 1. The Morgan fingerprint density at radius 2 is 2.00 bits per heavy atom. The molecule has 0 aromatic heterocycles. The van der Waals surface area contributed by atoms with Crippen molar-refractivity contribution in [3.05, 3.63) is 53.1 Å². The molecule has 6 heteroatoms. The molecule has 3 rings (SSSR count). The highest BCUT2D eigenvalue weighted by atomic mass is 35.5. The van der Waals surface area contributed by atoms with Gasteiger partial charge in [-0.05, 0) is 61.9 Å². The standard InChI is InChI=1S/C20H21ClN2O3/c1-3-26-17-7-5-16(6-8-17)23-12-14(11-19(23)24)20(25)22-18-9-4-15(21)10-13(18)2/h4-10,14H,3,11-12H2,1-2H3,(H,22,25). The Morgan fingerprint density at radius 1 is 1.27 bits per heavy atom. The SMILES string of the molecule is CCOc1ccc(N2CC(C(=O)Nc3ccc(Cl)cc3C)CC2=O)cc1. The van der Waals surface area contributed by atoms with Crippen molar-refractivity contribution in [2.45, 2.75) is 20.3 Å². The van der Waals surface area contributed by atoms with Crippen LogP contribution in [0.4, 0.5) is 11.4 Å². The molecule has 2 aromatic rings. The second-order valence-electron chi connectivity index (χ2n) is 6.28. The summed E-state index contributed by atoms with van der Waals surface area (Å²) < 4.78 is 5.42. The minimum Gasteiger partial charge on any atom is -0.494 e. The monoisotopic (exact) mass is 372 g/mol. The largest absolute Gasteiger partial charge is 0.494 e. The third-order valence-corrected chi connectivity index (χ3v) is 4.64. The molecule has 1 unspecified atom stereocenters. The van der Waals surface area contributed by atoms with Crippen LogP contribution in [0.1, 0.15) is 18.9 Å². The first-order valence-electron chi connectivity index (χ1n) is 8.58. The molecular weight excluding hydrogens is 352 g/mol. The maximum Gasteiger partial charge on any atom is 0.229 e. The van der Waals surface area contributed by atoms with Crippen LogP contribution in [0.2, 0.25) is 5.02 Å². The lowest BCUT2D eigenvalue weighted by Crippen LogP contribution is -2.28. The van der Waals surface area contributed by atoms with Gasteiger partial charge in [0.1, 0.15) is 5.75 Å². The van der Waals surface area contributed by atoms with E-state index in [1.54, 1.807) is 23.1 Å². The average Bonchev–Trinajstić information content (AvgIpc) is 3.00. The lowest BCUT2D eigenvalue weighted by molar-refractivity contribution is -0.122. The van der Waals surface area contributed by atoms with Gasteiger partial charge >= 0.3 is 0 Å². The van der Waals surface area contributed by atoms with E-state index >= 15 is 0 Å². The second kappa shape index (κ2) is 7.79. The summed E-state index contributed by atoms with van der Waals surface area (Å²) in [4.78, 5) is 26.6. The topological polar surface area (TPSA) is 58.6 Å². The van der Waals surface area contributed by atoms with Crippen molar-refractivity contribution in [1.82, 2.24) is 0 Å². The van der Waals surface area contributed by atoms with Crippen LogP contribution in [0.15, 0.2) is 42.5 Å². The first-order valence-corrected chi connectivity index (χ1v) is 8.96. The third-order valence-electron chi connectivity index (χ3n) is 4.40. The molecule has 0 radical (unpaired) electrons. The molecule has 136 valence electrons. The molecule has 0 aliphatic carbocycles. The predicted octanol–water partition coefficient (Wildman–Crippen LogP) is 4.04. The Bertz CT molecular complexity index is 820. The van der Waals surface area contributed by atoms with Gasteiger partial charge < -0.3 is 15.0 Å². The van der Waals surface area contributed by atoms with Crippen LogP contribution in [-0.4, -0.2) is 25.0 Å². The minimum absolute atomic E-state index is 0.0536. The van der Waals surface area contributed by atoms with E-state index in [1.807, 2.05) is 38.1 Å². The number of carbonyl (C=O) groups is 2. The van der Waals surface area contributed by atoms with Gasteiger partial charge in [-0.2, -0.15) is 0 Å². The summed E-state index contributed by atoms with van der Waals surface area (Å²) in [5.74, 6) is 0.166. The predicted molar refractivity (Wildman–Crippen MR) is 103 cm³/mol. The van der Waals surface area contributed by atoms with Gasteiger partial charge in [0.15, 0.2) is 0 Å². The Morgan fingerprint density at radius 3 is 2.65 bits per heavy atom. The van der Waals surface area contributed by atoms with Crippen LogP contribution in [0.25, 0.3) is 0 Å². The van der Waals surface area contributed by atoms with E-state index in [-0.39, 0.29) is 24.2 Å². The molecule has 1 heterocycles. The van der Waals surface area contributed by atoms with Crippen molar-refractivity contribution in [2.24, 2.45) is 5.92 Å². The van der Waals surface area contributed by atoms with Crippen LogP contribution in [0.3, 0.4) is 0 Å². The van der Waals surface area contributed by atoms with E-state index in [0.29, 0.717) is 23.9 Å². The molecule has 1 aliphatic rings. The van der Waals surface area contributed by atoms with E-state index in [4.69, 9.17) is 16.3 Å². The van der Waals surface area contributed by atoms with Crippen molar-refractivity contribution in [2.75, 3.05) is 23.4 Å². The number of anilines is 2. The van der Waals surface area contributed by atoms with Crippen molar-refractivity contribution in [1.29, 1.82) is 0 Å². The number of nitrogens with zero attached hydrogens (tertiary/aromatic N) is 1. The van der Waals surface area contributed by atoms with Gasteiger partial charge in [-0.25, -0.2) is 0 Å². The molecule has 1 N–H and O–H groups in total. The zero-order valence-corrected chi connectivity index (χ0v) is 15.5. The molecular formula is C20H21ClN2O3. The Kier molecular flexibility index (Phi) is 5.47. The van der Waals surface area contributed by atoms with Crippen LogP contribution in [0.5, 0.6) is 5.75 Å². The molecule has 26 heavy (non-hydrogen) atoms. The van der Waals surface area contributed by atoms with Crippen molar-refractivity contribution in [3.63, 3.8) is 0 Å². The number of hydrogen-bond acceptors (Lipinski definition) is 3. The Labute approximate surface area is 157 Å². The zero-order valence-electron chi connectivity index (χ0n) is 14.8. The number of carbonyl (C=O) groups excluding carboxylic acids is 2.